The standard InChI is InChI=1S/C33H41FN4O4/c1-21(2)13-29(38-19-24(9-10-30(38)39)18-37-12-11-27(34)20-37)33(41)36-28(15-31(40)42-5)25-14-26(17-35-16-25)32-22(3)7-6-8-23(32)4/h6-10,14,16-17,19,21,27-29H,11-13,15,18,20H2,1-5H3,(H,36,41)/t27-,28+,29+/m1/s1. The van der Waals surface area contributed by atoms with Crippen LogP contribution in [0.25, 0.3) is 11.1 Å². The number of aromatic nitrogens is 2. The Morgan fingerprint density at radius 3 is 2.52 bits per heavy atom. The fourth-order valence-electron chi connectivity index (χ4n) is 5.69. The molecule has 1 saturated heterocycles. The number of aryl methyl sites for hydroxylation is 2. The zero-order chi connectivity index (χ0) is 30.4. The minimum atomic E-state index is -0.843. The van der Waals surface area contributed by atoms with Gasteiger partial charge in [-0.2, -0.15) is 0 Å². The number of nitrogens with zero attached hydrogens (tertiary/aromatic N) is 3. The van der Waals surface area contributed by atoms with Crippen LogP contribution in [0.1, 0.15) is 67.4 Å². The Kier molecular flexibility index (Phi) is 10.3. The molecule has 224 valence electrons. The van der Waals surface area contributed by atoms with Gasteiger partial charge in [-0.05, 0) is 66.5 Å². The van der Waals surface area contributed by atoms with Gasteiger partial charge in [0.1, 0.15) is 12.2 Å². The lowest BCUT2D eigenvalue weighted by Crippen LogP contribution is -2.40. The molecule has 1 N–H and O–H groups in total. The van der Waals surface area contributed by atoms with E-state index in [0.29, 0.717) is 38.0 Å². The first kappa shape index (κ1) is 31.1. The summed E-state index contributed by atoms with van der Waals surface area (Å²) in [7, 11) is 1.31. The lowest BCUT2D eigenvalue weighted by molar-refractivity contribution is -0.141. The predicted molar refractivity (Wildman–Crippen MR) is 161 cm³/mol. The van der Waals surface area contributed by atoms with Crippen molar-refractivity contribution in [1.29, 1.82) is 0 Å². The molecule has 9 heteroatoms. The van der Waals surface area contributed by atoms with Crippen molar-refractivity contribution in [3.8, 4) is 11.1 Å². The Morgan fingerprint density at radius 2 is 1.88 bits per heavy atom. The lowest BCUT2D eigenvalue weighted by Gasteiger charge is -2.26. The van der Waals surface area contributed by atoms with Gasteiger partial charge in [0.2, 0.25) is 5.91 Å². The summed E-state index contributed by atoms with van der Waals surface area (Å²) in [4.78, 5) is 45.9. The average Bonchev–Trinajstić information content (AvgIpc) is 3.36. The quantitative estimate of drug-likeness (QED) is 0.320. The summed E-state index contributed by atoms with van der Waals surface area (Å²) in [6.45, 7) is 9.56. The number of methoxy groups -OCH3 is 1. The fourth-order valence-corrected chi connectivity index (χ4v) is 5.69. The number of hydrogen-bond donors (Lipinski definition) is 1. The molecule has 3 aromatic rings. The highest BCUT2D eigenvalue weighted by atomic mass is 19.1. The summed E-state index contributed by atoms with van der Waals surface area (Å²) in [5.41, 5.74) is 5.31. The molecule has 8 nitrogen and oxygen atoms in total. The molecule has 42 heavy (non-hydrogen) atoms. The van der Waals surface area contributed by atoms with E-state index in [1.54, 1.807) is 24.7 Å². The molecule has 1 aliphatic rings. The smallest absolute Gasteiger partial charge is 0.307 e. The number of halogens is 1. The van der Waals surface area contributed by atoms with Gasteiger partial charge in [-0.1, -0.05) is 38.1 Å². The number of ether oxygens (including phenoxy) is 1. The van der Waals surface area contributed by atoms with Crippen molar-refractivity contribution in [2.24, 2.45) is 5.92 Å². The maximum absolute atomic E-state index is 13.9. The van der Waals surface area contributed by atoms with E-state index >= 15 is 0 Å². The van der Waals surface area contributed by atoms with Crippen LogP contribution in [0, 0.1) is 19.8 Å². The number of amides is 1. The van der Waals surface area contributed by atoms with Crippen molar-refractivity contribution in [3.63, 3.8) is 0 Å². The highest BCUT2D eigenvalue weighted by molar-refractivity contribution is 5.82. The third-order valence-corrected chi connectivity index (χ3v) is 7.80. The number of esters is 1. The summed E-state index contributed by atoms with van der Waals surface area (Å²) >= 11 is 0. The summed E-state index contributed by atoms with van der Waals surface area (Å²) < 4.78 is 20.2. The third kappa shape index (κ3) is 7.70. The van der Waals surface area contributed by atoms with Crippen molar-refractivity contribution < 1.29 is 18.7 Å². The van der Waals surface area contributed by atoms with Crippen molar-refractivity contribution in [2.45, 2.75) is 71.8 Å². The van der Waals surface area contributed by atoms with Crippen LogP contribution in [0.2, 0.25) is 0 Å². The summed E-state index contributed by atoms with van der Waals surface area (Å²) in [5, 5.41) is 3.04. The van der Waals surface area contributed by atoms with Crippen LogP contribution in [0.4, 0.5) is 4.39 Å². The number of hydrogen-bond acceptors (Lipinski definition) is 6. The van der Waals surface area contributed by atoms with Crippen molar-refractivity contribution in [3.05, 3.63) is 87.6 Å². The van der Waals surface area contributed by atoms with Crippen LogP contribution in [0.5, 0.6) is 0 Å². The van der Waals surface area contributed by atoms with E-state index < -0.39 is 24.2 Å². The number of likely N-dealkylation sites (tertiary alicyclic amines) is 1. The number of carbonyl (C=O) groups is 2. The molecule has 0 spiro atoms. The van der Waals surface area contributed by atoms with Gasteiger partial charge in [0.05, 0.1) is 19.6 Å². The number of nitrogens with one attached hydrogen (secondary N) is 1. The second-order valence-electron chi connectivity index (χ2n) is 11.7. The van der Waals surface area contributed by atoms with Crippen molar-refractivity contribution in [2.75, 3.05) is 20.2 Å². The highest BCUT2D eigenvalue weighted by Gasteiger charge is 2.28. The molecule has 2 aromatic heterocycles. The number of carbonyl (C=O) groups excluding carboxylic acids is 2. The molecule has 4 rings (SSSR count). The van der Waals surface area contributed by atoms with Gasteiger partial charge >= 0.3 is 5.97 Å². The Balaban J connectivity index is 1.66. The van der Waals surface area contributed by atoms with E-state index in [-0.39, 0.29) is 23.8 Å². The van der Waals surface area contributed by atoms with Gasteiger partial charge in [0.15, 0.2) is 0 Å². The molecule has 3 heterocycles. The predicted octanol–water partition coefficient (Wildman–Crippen LogP) is 5.08. The molecule has 1 fully saturated rings. The zero-order valence-corrected chi connectivity index (χ0v) is 25.1. The molecule has 1 aromatic carbocycles. The summed E-state index contributed by atoms with van der Waals surface area (Å²) in [5.74, 6) is -0.747. The van der Waals surface area contributed by atoms with Crippen LogP contribution in [0.3, 0.4) is 0 Å². The molecular weight excluding hydrogens is 535 g/mol. The molecule has 0 bridgehead atoms. The van der Waals surface area contributed by atoms with E-state index in [1.165, 1.54) is 17.7 Å². The Labute approximate surface area is 246 Å². The van der Waals surface area contributed by atoms with Gasteiger partial charge in [-0.25, -0.2) is 4.39 Å². The minimum absolute atomic E-state index is 0.0944. The average molecular weight is 577 g/mol. The fraction of sp³-hybridized carbons (Fsp3) is 0.455. The summed E-state index contributed by atoms with van der Waals surface area (Å²) in [6.07, 6.45) is 5.10. The van der Waals surface area contributed by atoms with Crippen LogP contribution < -0.4 is 10.9 Å². The van der Waals surface area contributed by atoms with Gasteiger partial charge in [-0.15, -0.1) is 0 Å². The molecular formula is C33H41FN4O4. The molecule has 3 atom stereocenters. The van der Waals surface area contributed by atoms with Crippen LogP contribution in [0.15, 0.2) is 59.8 Å². The molecule has 0 saturated carbocycles. The molecule has 0 unspecified atom stereocenters. The van der Waals surface area contributed by atoms with Gasteiger partial charge in [-0.3, -0.25) is 24.3 Å². The number of pyridine rings is 2. The van der Waals surface area contributed by atoms with Crippen LogP contribution in [-0.4, -0.2) is 52.7 Å². The van der Waals surface area contributed by atoms with Crippen molar-refractivity contribution >= 4 is 11.9 Å². The molecule has 0 aliphatic carbocycles. The first-order valence-electron chi connectivity index (χ1n) is 14.5. The Hall–Kier alpha value is -3.85. The van der Waals surface area contributed by atoms with E-state index in [4.69, 9.17) is 4.74 Å². The van der Waals surface area contributed by atoms with E-state index in [0.717, 1.165) is 27.8 Å². The Morgan fingerprint density at radius 1 is 1.14 bits per heavy atom. The van der Waals surface area contributed by atoms with E-state index in [1.807, 2.05) is 56.9 Å². The molecule has 1 aliphatic heterocycles. The molecule has 0 radical (unpaired) electrons. The summed E-state index contributed by atoms with van der Waals surface area (Å²) in [6, 6.07) is 9.67. The second kappa shape index (κ2) is 13.9. The van der Waals surface area contributed by atoms with Crippen LogP contribution in [-0.2, 0) is 20.9 Å². The number of alkyl halides is 1. The lowest BCUT2D eigenvalue weighted by atomic mass is 9.94. The number of rotatable bonds is 11. The Bertz CT molecular complexity index is 1450. The first-order chi connectivity index (χ1) is 20.0. The van der Waals surface area contributed by atoms with Gasteiger partial charge in [0, 0.05) is 49.9 Å². The van der Waals surface area contributed by atoms with Crippen molar-refractivity contribution in [1.82, 2.24) is 19.8 Å². The third-order valence-electron chi connectivity index (χ3n) is 7.80. The second-order valence-corrected chi connectivity index (χ2v) is 11.7. The largest absolute Gasteiger partial charge is 0.469 e. The van der Waals surface area contributed by atoms with Crippen LogP contribution >= 0.6 is 0 Å². The SMILES string of the molecule is COC(=O)C[C@H](NC(=O)[C@H](CC(C)C)n1cc(CN2CC[C@@H](F)C2)ccc1=O)c1cncc(-c2c(C)cccc2C)c1. The first-order valence-corrected chi connectivity index (χ1v) is 14.5. The van der Waals surface area contributed by atoms with E-state index in [9.17, 15) is 18.8 Å². The maximum Gasteiger partial charge on any atom is 0.307 e. The van der Waals surface area contributed by atoms with E-state index in [2.05, 4.69) is 10.3 Å². The monoisotopic (exact) mass is 576 g/mol. The highest BCUT2D eigenvalue weighted by Crippen LogP contribution is 2.30. The zero-order valence-electron chi connectivity index (χ0n) is 25.1. The molecule has 1 amide bonds. The topological polar surface area (TPSA) is 93.5 Å². The number of benzene rings is 1. The van der Waals surface area contributed by atoms with Gasteiger partial charge < -0.3 is 14.6 Å². The van der Waals surface area contributed by atoms with Gasteiger partial charge in [0.25, 0.3) is 5.56 Å². The minimum Gasteiger partial charge on any atom is -0.469 e. The maximum atomic E-state index is 13.9. The normalized spacial score (nSPS) is 16.8.